The SMILES string of the molecule is [C-]#[N+]C1CC2(CN1C(C)C)OCc1ccccc1NC2=O. The lowest BCUT2D eigenvalue weighted by atomic mass is 10.0. The number of likely N-dealkylation sites (tertiary alicyclic amines) is 1. The smallest absolute Gasteiger partial charge is 0.283 e. The molecule has 0 aliphatic carbocycles. The van der Waals surface area contributed by atoms with Crippen LogP contribution in [-0.2, 0) is 16.1 Å². The fourth-order valence-electron chi connectivity index (χ4n) is 3.08. The zero-order chi connectivity index (χ0) is 15.0. The van der Waals surface area contributed by atoms with E-state index in [0.29, 0.717) is 19.6 Å². The number of fused-ring (bicyclic) bond motifs is 1. The van der Waals surface area contributed by atoms with Gasteiger partial charge in [0, 0.05) is 23.8 Å². The maximum absolute atomic E-state index is 12.7. The van der Waals surface area contributed by atoms with Crippen molar-refractivity contribution in [2.45, 2.75) is 44.7 Å². The number of carbonyl (C=O) groups is 1. The van der Waals surface area contributed by atoms with Crippen molar-refractivity contribution in [2.75, 3.05) is 11.9 Å². The topological polar surface area (TPSA) is 45.9 Å². The Morgan fingerprint density at radius 2 is 2.24 bits per heavy atom. The van der Waals surface area contributed by atoms with Crippen molar-refractivity contribution < 1.29 is 9.53 Å². The Kier molecular flexibility index (Phi) is 3.44. The summed E-state index contributed by atoms with van der Waals surface area (Å²) in [6, 6.07) is 7.88. The Labute approximate surface area is 124 Å². The van der Waals surface area contributed by atoms with Gasteiger partial charge in [-0.2, -0.15) is 0 Å². The van der Waals surface area contributed by atoms with E-state index in [-0.39, 0.29) is 18.1 Å². The van der Waals surface area contributed by atoms with Crippen LogP contribution in [0.5, 0.6) is 0 Å². The molecule has 5 heteroatoms. The van der Waals surface area contributed by atoms with Crippen LogP contribution in [0.15, 0.2) is 24.3 Å². The molecule has 1 spiro atoms. The lowest BCUT2D eigenvalue weighted by Crippen LogP contribution is -2.47. The van der Waals surface area contributed by atoms with Crippen molar-refractivity contribution in [2.24, 2.45) is 0 Å². The first kappa shape index (κ1) is 14.1. The van der Waals surface area contributed by atoms with Crippen LogP contribution >= 0.6 is 0 Å². The molecule has 2 heterocycles. The Hall–Kier alpha value is -1.90. The van der Waals surface area contributed by atoms with Gasteiger partial charge in [-0.3, -0.25) is 9.64 Å². The average molecular weight is 285 g/mol. The lowest BCUT2D eigenvalue weighted by Gasteiger charge is -2.26. The van der Waals surface area contributed by atoms with Crippen molar-refractivity contribution >= 4 is 11.6 Å². The minimum Gasteiger partial charge on any atom is -0.359 e. The largest absolute Gasteiger partial charge is 0.359 e. The highest BCUT2D eigenvalue weighted by atomic mass is 16.5. The summed E-state index contributed by atoms with van der Waals surface area (Å²) in [5.74, 6) is -0.135. The summed E-state index contributed by atoms with van der Waals surface area (Å²) >= 11 is 0. The minimum atomic E-state index is -0.918. The highest BCUT2D eigenvalue weighted by molar-refractivity contribution is 5.99. The molecule has 0 aromatic heterocycles. The number of anilines is 1. The van der Waals surface area contributed by atoms with Crippen LogP contribution < -0.4 is 5.32 Å². The Morgan fingerprint density at radius 3 is 2.90 bits per heavy atom. The van der Waals surface area contributed by atoms with Crippen LogP contribution in [0.3, 0.4) is 0 Å². The number of benzene rings is 1. The summed E-state index contributed by atoms with van der Waals surface area (Å²) in [5, 5.41) is 2.97. The van der Waals surface area contributed by atoms with Crippen LogP contribution in [0.4, 0.5) is 5.69 Å². The molecule has 1 amide bonds. The number of ether oxygens (including phenoxy) is 1. The number of hydrogen-bond donors (Lipinski definition) is 1. The van der Waals surface area contributed by atoms with E-state index in [9.17, 15) is 4.79 Å². The number of nitrogens with zero attached hydrogens (tertiary/aromatic N) is 2. The van der Waals surface area contributed by atoms with E-state index >= 15 is 0 Å². The highest BCUT2D eigenvalue weighted by Crippen LogP contribution is 2.37. The van der Waals surface area contributed by atoms with Gasteiger partial charge in [-0.05, 0) is 19.9 Å². The molecule has 1 aromatic carbocycles. The van der Waals surface area contributed by atoms with Gasteiger partial charge in [-0.25, -0.2) is 11.5 Å². The standard InChI is InChI=1S/C16H19N3O2/c1-11(2)19-10-16(8-14(19)17-3)15(20)18-13-7-5-4-6-12(13)9-21-16/h4-7,11,14H,8-10H2,1-2H3,(H,18,20). The molecule has 3 rings (SSSR count). The maximum Gasteiger partial charge on any atom is 0.283 e. The van der Waals surface area contributed by atoms with Gasteiger partial charge in [-0.15, -0.1) is 0 Å². The molecule has 2 atom stereocenters. The van der Waals surface area contributed by atoms with E-state index in [0.717, 1.165) is 11.3 Å². The lowest BCUT2D eigenvalue weighted by molar-refractivity contribution is -0.141. The number of carbonyl (C=O) groups excluding carboxylic acids is 1. The summed E-state index contributed by atoms with van der Waals surface area (Å²) in [6.45, 7) is 12.3. The zero-order valence-electron chi connectivity index (χ0n) is 12.3. The fraction of sp³-hybridized carbons (Fsp3) is 0.500. The van der Waals surface area contributed by atoms with Crippen molar-refractivity contribution in [1.29, 1.82) is 0 Å². The summed E-state index contributed by atoms with van der Waals surface area (Å²) in [6.07, 6.45) is 0.131. The Balaban J connectivity index is 1.91. The van der Waals surface area contributed by atoms with Crippen LogP contribution in [0.25, 0.3) is 4.85 Å². The van der Waals surface area contributed by atoms with Gasteiger partial charge in [-0.1, -0.05) is 18.2 Å². The van der Waals surface area contributed by atoms with Crippen LogP contribution in [0, 0.1) is 6.57 Å². The molecule has 1 fully saturated rings. The monoisotopic (exact) mass is 285 g/mol. The first-order valence-electron chi connectivity index (χ1n) is 7.21. The van der Waals surface area contributed by atoms with Crippen molar-refractivity contribution in [1.82, 2.24) is 4.90 Å². The van der Waals surface area contributed by atoms with Gasteiger partial charge in [0.25, 0.3) is 12.1 Å². The highest BCUT2D eigenvalue weighted by Gasteiger charge is 2.55. The molecule has 1 N–H and O–H groups in total. The average Bonchev–Trinajstić information content (AvgIpc) is 2.80. The van der Waals surface area contributed by atoms with Gasteiger partial charge < -0.3 is 10.1 Å². The van der Waals surface area contributed by atoms with E-state index in [1.54, 1.807) is 0 Å². The second-order valence-corrected chi connectivity index (χ2v) is 5.97. The molecule has 2 aliphatic rings. The third kappa shape index (κ3) is 2.31. The normalized spacial score (nSPS) is 29.0. The molecule has 1 saturated heterocycles. The summed E-state index contributed by atoms with van der Waals surface area (Å²) in [5.41, 5.74) is 0.866. The second-order valence-electron chi connectivity index (χ2n) is 5.97. The molecule has 0 radical (unpaired) electrons. The van der Waals surface area contributed by atoms with Gasteiger partial charge in [0.2, 0.25) is 0 Å². The molecule has 1 aromatic rings. The maximum atomic E-state index is 12.7. The zero-order valence-corrected chi connectivity index (χ0v) is 12.3. The number of nitrogens with one attached hydrogen (secondary N) is 1. The van der Waals surface area contributed by atoms with E-state index in [4.69, 9.17) is 11.3 Å². The molecular weight excluding hydrogens is 266 g/mol. The number of rotatable bonds is 1. The molecule has 2 aliphatic heterocycles. The van der Waals surface area contributed by atoms with Gasteiger partial charge in [0.05, 0.1) is 13.0 Å². The van der Waals surface area contributed by atoms with E-state index in [1.807, 2.05) is 43.0 Å². The van der Waals surface area contributed by atoms with Crippen LogP contribution in [-0.4, -0.2) is 35.2 Å². The number of para-hydroxylation sites is 1. The Bertz CT molecular complexity index is 608. The Morgan fingerprint density at radius 1 is 1.48 bits per heavy atom. The molecule has 21 heavy (non-hydrogen) atoms. The van der Waals surface area contributed by atoms with E-state index in [2.05, 4.69) is 10.2 Å². The third-order valence-corrected chi connectivity index (χ3v) is 4.33. The van der Waals surface area contributed by atoms with Gasteiger partial charge in [0.15, 0.2) is 5.60 Å². The molecule has 110 valence electrons. The minimum absolute atomic E-state index is 0.135. The predicted molar refractivity (Wildman–Crippen MR) is 79.4 cm³/mol. The van der Waals surface area contributed by atoms with Crippen molar-refractivity contribution in [3.05, 3.63) is 41.2 Å². The molecule has 0 saturated carbocycles. The first-order valence-corrected chi connectivity index (χ1v) is 7.21. The first-order chi connectivity index (χ1) is 10.1. The number of hydrogen-bond acceptors (Lipinski definition) is 3. The van der Waals surface area contributed by atoms with Crippen molar-refractivity contribution in [3.63, 3.8) is 0 Å². The van der Waals surface area contributed by atoms with Gasteiger partial charge >= 0.3 is 0 Å². The molecule has 0 bridgehead atoms. The third-order valence-electron chi connectivity index (χ3n) is 4.33. The summed E-state index contributed by atoms with van der Waals surface area (Å²) in [7, 11) is 0. The molecular formula is C16H19N3O2. The number of amides is 1. The van der Waals surface area contributed by atoms with Crippen molar-refractivity contribution in [3.8, 4) is 0 Å². The quantitative estimate of drug-likeness (QED) is 0.805. The fourth-order valence-corrected chi connectivity index (χ4v) is 3.08. The predicted octanol–water partition coefficient (Wildman–Crippen LogP) is 2.25. The van der Waals surface area contributed by atoms with Crippen LogP contribution in [0.2, 0.25) is 0 Å². The summed E-state index contributed by atoms with van der Waals surface area (Å²) < 4.78 is 6.01. The molecule has 2 unspecified atom stereocenters. The molecule has 5 nitrogen and oxygen atoms in total. The van der Waals surface area contributed by atoms with E-state index < -0.39 is 5.60 Å². The van der Waals surface area contributed by atoms with E-state index in [1.165, 1.54) is 0 Å². The summed E-state index contributed by atoms with van der Waals surface area (Å²) in [4.78, 5) is 18.4. The second kappa shape index (κ2) is 5.14. The van der Waals surface area contributed by atoms with Crippen LogP contribution in [0.1, 0.15) is 25.8 Å². The van der Waals surface area contributed by atoms with Gasteiger partial charge in [0.1, 0.15) is 0 Å².